The number of fused-ring (bicyclic) bond motifs is 1. The highest BCUT2D eigenvalue weighted by molar-refractivity contribution is 9.10. The lowest BCUT2D eigenvalue weighted by molar-refractivity contribution is 0.644. The molecule has 0 spiro atoms. The van der Waals surface area contributed by atoms with Crippen LogP contribution < -0.4 is 5.32 Å². The van der Waals surface area contributed by atoms with Crippen molar-refractivity contribution in [2.75, 3.05) is 6.54 Å². The highest BCUT2D eigenvalue weighted by atomic mass is 79.9. The lowest BCUT2D eigenvalue weighted by atomic mass is 10.0. The van der Waals surface area contributed by atoms with Gasteiger partial charge in [-0.05, 0) is 40.0 Å². The number of hydrogen-bond acceptors (Lipinski definition) is 1. The Morgan fingerprint density at radius 2 is 1.71 bits per heavy atom. The third-order valence-corrected chi connectivity index (χ3v) is 4.88. The van der Waals surface area contributed by atoms with Crippen LogP contribution in [0.15, 0.2) is 4.47 Å². The Labute approximate surface area is 106 Å². The average Bonchev–Trinajstić information content (AvgIpc) is 2.23. The maximum absolute atomic E-state index is 6.17. The summed E-state index contributed by atoms with van der Waals surface area (Å²) in [5.74, 6) is 0. The van der Waals surface area contributed by atoms with Gasteiger partial charge in [0, 0.05) is 6.54 Å². The zero-order valence-electron chi connectivity index (χ0n) is 7.13. The molecule has 14 heavy (non-hydrogen) atoms. The molecular weight excluding hydrogens is 308 g/mol. The molecule has 0 radical (unpaired) electrons. The molecule has 0 aliphatic carbocycles. The van der Waals surface area contributed by atoms with Crippen molar-refractivity contribution in [1.29, 1.82) is 0 Å². The molecule has 0 atom stereocenters. The van der Waals surface area contributed by atoms with E-state index in [1.54, 1.807) is 0 Å². The fourth-order valence-electron chi connectivity index (χ4n) is 1.59. The van der Waals surface area contributed by atoms with E-state index in [-0.39, 0.29) is 0 Å². The SMILES string of the molecule is Clc1c(Cl)c2c(c(Cl)c1Br)CCNC2. The largest absolute Gasteiger partial charge is 0.312 e. The molecule has 76 valence electrons. The standard InChI is InChI=1S/C9H7BrCl3N/c10-6-7(11)4-1-2-14-3-5(4)8(12)9(6)13/h14H,1-3H2. The molecule has 0 fully saturated rings. The molecule has 1 aromatic rings. The van der Waals surface area contributed by atoms with Crippen molar-refractivity contribution in [2.24, 2.45) is 0 Å². The second kappa shape index (κ2) is 4.18. The summed E-state index contributed by atoms with van der Waals surface area (Å²) in [4.78, 5) is 0. The second-order valence-electron chi connectivity index (χ2n) is 3.14. The molecule has 1 heterocycles. The van der Waals surface area contributed by atoms with E-state index in [1.165, 1.54) is 0 Å². The zero-order valence-corrected chi connectivity index (χ0v) is 11.0. The van der Waals surface area contributed by atoms with Crippen molar-refractivity contribution in [3.8, 4) is 0 Å². The van der Waals surface area contributed by atoms with E-state index in [4.69, 9.17) is 34.8 Å². The van der Waals surface area contributed by atoms with Crippen LogP contribution in [0.3, 0.4) is 0 Å². The summed E-state index contributed by atoms with van der Waals surface area (Å²) < 4.78 is 0.700. The van der Waals surface area contributed by atoms with E-state index in [1.807, 2.05) is 0 Å². The quantitative estimate of drug-likeness (QED) is 0.562. The normalized spacial score (nSPS) is 15.4. The summed E-state index contributed by atoms with van der Waals surface area (Å²) in [6.45, 7) is 1.66. The van der Waals surface area contributed by atoms with Gasteiger partial charge in [-0.2, -0.15) is 0 Å². The maximum Gasteiger partial charge on any atom is 0.0752 e. The molecule has 2 rings (SSSR count). The van der Waals surface area contributed by atoms with Crippen molar-refractivity contribution >= 4 is 50.7 Å². The first-order chi connectivity index (χ1) is 6.63. The topological polar surface area (TPSA) is 12.0 Å². The second-order valence-corrected chi connectivity index (χ2v) is 5.07. The van der Waals surface area contributed by atoms with Crippen LogP contribution in [0.5, 0.6) is 0 Å². The lowest BCUT2D eigenvalue weighted by Gasteiger charge is -2.21. The summed E-state index contributed by atoms with van der Waals surface area (Å²) in [7, 11) is 0. The summed E-state index contributed by atoms with van der Waals surface area (Å²) in [6.07, 6.45) is 0.893. The van der Waals surface area contributed by atoms with Crippen LogP contribution in [0.4, 0.5) is 0 Å². The maximum atomic E-state index is 6.17. The summed E-state index contributed by atoms with van der Waals surface area (Å²) in [5, 5.41) is 5.03. The van der Waals surface area contributed by atoms with Crippen molar-refractivity contribution in [2.45, 2.75) is 13.0 Å². The van der Waals surface area contributed by atoms with Gasteiger partial charge in [0.05, 0.1) is 19.5 Å². The monoisotopic (exact) mass is 313 g/mol. The van der Waals surface area contributed by atoms with Gasteiger partial charge in [0.1, 0.15) is 0 Å². The van der Waals surface area contributed by atoms with Crippen molar-refractivity contribution in [3.63, 3.8) is 0 Å². The molecule has 0 unspecified atom stereocenters. The molecule has 0 saturated carbocycles. The van der Waals surface area contributed by atoms with Crippen molar-refractivity contribution in [3.05, 3.63) is 30.7 Å². The molecule has 5 heteroatoms. The predicted octanol–water partition coefficient (Wildman–Crippen LogP) is 4.06. The highest BCUT2D eigenvalue weighted by Gasteiger charge is 2.21. The summed E-state index contributed by atoms with van der Waals surface area (Å²) in [5.41, 5.74) is 2.13. The predicted molar refractivity (Wildman–Crippen MR) is 64.6 cm³/mol. The number of hydrogen-bond donors (Lipinski definition) is 1. The first kappa shape index (κ1) is 11.0. The van der Waals surface area contributed by atoms with Gasteiger partial charge in [-0.1, -0.05) is 34.8 Å². The number of benzene rings is 1. The van der Waals surface area contributed by atoms with E-state index in [0.717, 1.165) is 30.6 Å². The third kappa shape index (κ3) is 1.68. The minimum absolute atomic E-state index is 0.499. The molecule has 1 aliphatic heterocycles. The molecule has 1 aliphatic rings. The Morgan fingerprint density at radius 1 is 1.00 bits per heavy atom. The van der Waals surface area contributed by atoms with Crippen LogP contribution in [0.1, 0.15) is 11.1 Å². The van der Waals surface area contributed by atoms with Gasteiger partial charge in [-0.25, -0.2) is 0 Å². The van der Waals surface area contributed by atoms with Crippen LogP contribution in [0.25, 0.3) is 0 Å². The molecule has 0 bridgehead atoms. The Balaban J connectivity index is 2.71. The number of nitrogens with one attached hydrogen (secondary N) is 1. The molecule has 0 saturated heterocycles. The molecule has 1 nitrogen and oxygen atoms in total. The fraction of sp³-hybridized carbons (Fsp3) is 0.333. The first-order valence-electron chi connectivity index (χ1n) is 4.17. The lowest BCUT2D eigenvalue weighted by Crippen LogP contribution is -2.24. The Bertz CT molecular complexity index is 355. The van der Waals surface area contributed by atoms with Gasteiger partial charge in [0.2, 0.25) is 0 Å². The van der Waals surface area contributed by atoms with Crippen LogP contribution in [-0.2, 0) is 13.0 Å². The molecule has 1 N–H and O–H groups in total. The van der Waals surface area contributed by atoms with E-state index >= 15 is 0 Å². The highest BCUT2D eigenvalue weighted by Crippen LogP contribution is 2.42. The van der Waals surface area contributed by atoms with Gasteiger partial charge in [0.25, 0.3) is 0 Å². The molecule has 0 aromatic heterocycles. The third-order valence-electron chi connectivity index (χ3n) is 2.33. The van der Waals surface area contributed by atoms with Crippen molar-refractivity contribution in [1.82, 2.24) is 5.32 Å². The summed E-state index contributed by atoms with van der Waals surface area (Å²) >= 11 is 21.7. The van der Waals surface area contributed by atoms with Crippen LogP contribution in [0, 0.1) is 0 Å². The molecular formula is C9H7BrCl3N. The first-order valence-corrected chi connectivity index (χ1v) is 6.10. The van der Waals surface area contributed by atoms with E-state index in [9.17, 15) is 0 Å². The molecule has 1 aromatic carbocycles. The fourth-order valence-corrected chi connectivity index (χ4v) is 2.98. The van der Waals surface area contributed by atoms with E-state index < -0.39 is 0 Å². The smallest absolute Gasteiger partial charge is 0.0752 e. The Kier molecular flexibility index (Phi) is 3.30. The minimum atomic E-state index is 0.499. The Hall–Kier alpha value is 0.530. The van der Waals surface area contributed by atoms with Crippen molar-refractivity contribution < 1.29 is 0 Å². The number of rotatable bonds is 0. The van der Waals surface area contributed by atoms with Gasteiger partial charge in [-0.15, -0.1) is 0 Å². The Morgan fingerprint density at radius 3 is 2.43 bits per heavy atom. The van der Waals surface area contributed by atoms with Crippen LogP contribution >= 0.6 is 50.7 Å². The van der Waals surface area contributed by atoms with Gasteiger partial charge in [-0.3, -0.25) is 0 Å². The molecule has 0 amide bonds. The number of halogens is 4. The van der Waals surface area contributed by atoms with Gasteiger partial charge >= 0.3 is 0 Å². The summed E-state index contributed by atoms with van der Waals surface area (Å²) in [6, 6.07) is 0. The van der Waals surface area contributed by atoms with Crippen LogP contribution in [0.2, 0.25) is 15.1 Å². The van der Waals surface area contributed by atoms with Gasteiger partial charge in [0.15, 0.2) is 0 Å². The zero-order chi connectivity index (χ0) is 10.3. The minimum Gasteiger partial charge on any atom is -0.312 e. The van der Waals surface area contributed by atoms with E-state index in [0.29, 0.717) is 19.5 Å². The van der Waals surface area contributed by atoms with Gasteiger partial charge < -0.3 is 5.32 Å². The van der Waals surface area contributed by atoms with Crippen LogP contribution in [-0.4, -0.2) is 6.54 Å². The average molecular weight is 315 g/mol. The van der Waals surface area contributed by atoms with E-state index in [2.05, 4.69) is 21.2 Å².